The molecule has 0 nitrogen and oxygen atoms in total. The van der Waals surface area contributed by atoms with Gasteiger partial charge in [-0.25, -0.2) is 0 Å². The third kappa shape index (κ3) is 10.1. The first kappa shape index (κ1) is 16.2. The van der Waals surface area contributed by atoms with Crippen LogP contribution < -0.4 is 0 Å². The molecule has 0 aromatic rings. The minimum absolute atomic E-state index is 0.685. The van der Waals surface area contributed by atoms with E-state index in [0.29, 0.717) is 11.8 Å². The van der Waals surface area contributed by atoms with E-state index in [-0.39, 0.29) is 0 Å². The van der Waals surface area contributed by atoms with E-state index in [2.05, 4.69) is 46.1 Å². The van der Waals surface area contributed by atoms with Crippen molar-refractivity contribution in [3.63, 3.8) is 0 Å². The average molecular weight is 234 g/mol. The lowest BCUT2D eigenvalue weighted by atomic mass is 9.95. The van der Waals surface area contributed by atoms with Crippen LogP contribution in [0.3, 0.4) is 0 Å². The summed E-state index contributed by atoms with van der Waals surface area (Å²) in [5.74, 6) is 1.38. The van der Waals surface area contributed by atoms with Crippen molar-refractivity contribution in [1.82, 2.24) is 0 Å². The first-order valence-electron chi connectivity index (χ1n) is 6.92. The third-order valence-electron chi connectivity index (χ3n) is 3.35. The van der Waals surface area contributed by atoms with Crippen LogP contribution in [0.15, 0.2) is 36.5 Å². The molecule has 0 saturated heterocycles. The van der Waals surface area contributed by atoms with Gasteiger partial charge in [-0.2, -0.15) is 0 Å². The van der Waals surface area contributed by atoms with E-state index in [1.54, 1.807) is 0 Å². The molecule has 0 aromatic carbocycles. The molecule has 0 aromatic heterocycles. The van der Waals surface area contributed by atoms with E-state index >= 15 is 0 Å². The van der Waals surface area contributed by atoms with Crippen molar-refractivity contribution in [2.45, 2.75) is 59.8 Å². The summed E-state index contributed by atoms with van der Waals surface area (Å²) < 4.78 is 0. The minimum atomic E-state index is 0.685. The van der Waals surface area contributed by atoms with Gasteiger partial charge in [-0.15, -0.1) is 0 Å². The lowest BCUT2D eigenvalue weighted by Gasteiger charge is -2.11. The summed E-state index contributed by atoms with van der Waals surface area (Å²) in [7, 11) is 0. The third-order valence-corrected chi connectivity index (χ3v) is 3.35. The van der Waals surface area contributed by atoms with Gasteiger partial charge in [0.2, 0.25) is 0 Å². The fourth-order valence-electron chi connectivity index (χ4n) is 1.76. The molecular formula is C17H30. The fraction of sp³-hybridized carbons (Fsp3) is 0.647. The molecule has 0 radical (unpaired) electrons. The largest absolute Gasteiger partial charge is 0.0999 e. The second-order valence-corrected chi connectivity index (χ2v) is 5.57. The highest BCUT2D eigenvalue weighted by Gasteiger charge is 2.02. The number of allylic oxidation sites excluding steroid dienone is 4. The second kappa shape index (κ2) is 9.27. The predicted molar refractivity (Wildman–Crippen MR) is 80.2 cm³/mol. The SMILES string of the molecule is C=C(C)C=CC(C)CCCCCC(C)C(=C)C. The van der Waals surface area contributed by atoms with Crippen molar-refractivity contribution in [2.75, 3.05) is 0 Å². The van der Waals surface area contributed by atoms with Crippen LogP contribution in [0.5, 0.6) is 0 Å². The zero-order valence-corrected chi connectivity index (χ0v) is 12.3. The number of unbranched alkanes of at least 4 members (excludes halogenated alkanes) is 2. The highest BCUT2D eigenvalue weighted by atomic mass is 14.1. The number of rotatable bonds is 9. The Morgan fingerprint density at radius 2 is 1.59 bits per heavy atom. The smallest absolute Gasteiger partial charge is 0.0237 e. The standard InChI is InChI=1S/C17H30/c1-14(2)12-13-16(5)10-8-7-9-11-17(6)15(3)4/h12-13,16-17H,1,3,7-11H2,2,4-6H3. The Balaban J connectivity index is 3.51. The molecule has 0 spiro atoms. The van der Waals surface area contributed by atoms with Crippen molar-refractivity contribution in [1.29, 1.82) is 0 Å². The Morgan fingerprint density at radius 3 is 2.12 bits per heavy atom. The van der Waals surface area contributed by atoms with Gasteiger partial charge in [0.25, 0.3) is 0 Å². The van der Waals surface area contributed by atoms with Crippen molar-refractivity contribution >= 4 is 0 Å². The van der Waals surface area contributed by atoms with Crippen LogP contribution in [0.2, 0.25) is 0 Å². The highest BCUT2D eigenvalue weighted by Crippen LogP contribution is 2.18. The summed E-state index contributed by atoms with van der Waals surface area (Å²) in [5.41, 5.74) is 2.47. The first-order valence-corrected chi connectivity index (χ1v) is 6.92. The molecule has 0 aliphatic heterocycles. The molecule has 0 heterocycles. The molecule has 17 heavy (non-hydrogen) atoms. The van der Waals surface area contributed by atoms with Gasteiger partial charge >= 0.3 is 0 Å². The van der Waals surface area contributed by atoms with E-state index in [0.717, 1.165) is 5.57 Å². The topological polar surface area (TPSA) is 0 Å². The van der Waals surface area contributed by atoms with Gasteiger partial charge in [-0.1, -0.05) is 69.6 Å². The number of hydrogen-bond acceptors (Lipinski definition) is 0. The monoisotopic (exact) mass is 234 g/mol. The van der Waals surface area contributed by atoms with Crippen LogP contribution in [0.25, 0.3) is 0 Å². The summed E-state index contributed by atoms with van der Waals surface area (Å²) in [6.07, 6.45) is 11.0. The van der Waals surface area contributed by atoms with Crippen molar-refractivity contribution in [3.05, 3.63) is 36.5 Å². The molecule has 0 bridgehead atoms. The van der Waals surface area contributed by atoms with Crippen molar-refractivity contribution in [3.8, 4) is 0 Å². The Labute approximate surface area is 109 Å². The maximum Gasteiger partial charge on any atom is -0.0237 e. The van der Waals surface area contributed by atoms with Gasteiger partial charge < -0.3 is 0 Å². The van der Waals surface area contributed by atoms with Gasteiger partial charge in [0, 0.05) is 0 Å². The average Bonchev–Trinajstić information content (AvgIpc) is 2.25. The summed E-state index contributed by atoms with van der Waals surface area (Å²) in [6.45, 7) is 16.6. The highest BCUT2D eigenvalue weighted by molar-refractivity contribution is 5.11. The Morgan fingerprint density at radius 1 is 1.00 bits per heavy atom. The van der Waals surface area contributed by atoms with Crippen LogP contribution in [0.4, 0.5) is 0 Å². The second-order valence-electron chi connectivity index (χ2n) is 5.57. The van der Waals surface area contributed by atoms with Gasteiger partial charge in [0.15, 0.2) is 0 Å². The summed E-state index contributed by atoms with van der Waals surface area (Å²) in [6, 6.07) is 0. The van der Waals surface area contributed by atoms with E-state index in [1.807, 2.05) is 6.92 Å². The summed E-state index contributed by atoms with van der Waals surface area (Å²) in [5, 5.41) is 0. The van der Waals surface area contributed by atoms with Crippen molar-refractivity contribution in [2.24, 2.45) is 11.8 Å². The molecule has 0 N–H and O–H groups in total. The zero-order valence-electron chi connectivity index (χ0n) is 12.3. The van der Waals surface area contributed by atoms with Gasteiger partial charge in [0.05, 0.1) is 0 Å². The lowest BCUT2D eigenvalue weighted by molar-refractivity contribution is 0.513. The number of hydrogen-bond donors (Lipinski definition) is 0. The molecule has 2 atom stereocenters. The minimum Gasteiger partial charge on any atom is -0.0999 e. The quantitative estimate of drug-likeness (QED) is 0.264. The lowest BCUT2D eigenvalue weighted by Crippen LogP contribution is -1.96. The molecule has 0 saturated carbocycles. The van der Waals surface area contributed by atoms with E-state index in [1.165, 1.54) is 37.7 Å². The molecule has 0 rings (SSSR count). The normalized spacial score (nSPS) is 14.8. The van der Waals surface area contributed by atoms with Crippen LogP contribution in [-0.4, -0.2) is 0 Å². The Hall–Kier alpha value is -0.780. The van der Waals surface area contributed by atoms with E-state index < -0.39 is 0 Å². The van der Waals surface area contributed by atoms with E-state index in [9.17, 15) is 0 Å². The summed E-state index contributed by atoms with van der Waals surface area (Å²) >= 11 is 0. The molecule has 0 heteroatoms. The molecule has 0 amide bonds. The molecule has 0 fully saturated rings. The van der Waals surface area contributed by atoms with Gasteiger partial charge in [0.1, 0.15) is 0 Å². The molecule has 0 aliphatic rings. The Bertz CT molecular complexity index is 257. The van der Waals surface area contributed by atoms with Crippen molar-refractivity contribution < 1.29 is 0 Å². The van der Waals surface area contributed by atoms with Crippen LogP contribution >= 0.6 is 0 Å². The first-order chi connectivity index (χ1) is 7.93. The van der Waals surface area contributed by atoms with Crippen LogP contribution in [0.1, 0.15) is 59.8 Å². The maximum atomic E-state index is 4.01. The summed E-state index contributed by atoms with van der Waals surface area (Å²) in [4.78, 5) is 0. The zero-order chi connectivity index (χ0) is 13.3. The van der Waals surface area contributed by atoms with Gasteiger partial charge in [-0.05, 0) is 38.5 Å². The maximum absolute atomic E-state index is 4.01. The van der Waals surface area contributed by atoms with Crippen LogP contribution in [0, 0.1) is 11.8 Å². The van der Waals surface area contributed by atoms with Gasteiger partial charge in [-0.3, -0.25) is 0 Å². The molecule has 2 unspecified atom stereocenters. The molecule has 98 valence electrons. The fourth-order valence-corrected chi connectivity index (χ4v) is 1.76. The Kier molecular flexibility index (Phi) is 8.85. The van der Waals surface area contributed by atoms with E-state index in [4.69, 9.17) is 0 Å². The predicted octanol–water partition coefficient (Wildman–Crippen LogP) is 5.92. The van der Waals surface area contributed by atoms with Crippen LogP contribution in [-0.2, 0) is 0 Å². The molecular weight excluding hydrogens is 204 g/mol. The molecule has 0 aliphatic carbocycles.